The van der Waals surface area contributed by atoms with Gasteiger partial charge >= 0.3 is 6.18 Å². The lowest BCUT2D eigenvalue weighted by Gasteiger charge is -2.23. The molecular weight excluding hydrogens is 463 g/mol. The molecule has 0 radical (unpaired) electrons. The number of fused-ring (bicyclic) bond motifs is 1. The second-order valence-corrected chi connectivity index (χ2v) is 8.46. The Morgan fingerprint density at radius 3 is 2.54 bits per heavy atom. The summed E-state index contributed by atoms with van der Waals surface area (Å²) >= 11 is 0. The third kappa shape index (κ3) is 4.75. The van der Waals surface area contributed by atoms with Crippen LogP contribution in [-0.2, 0) is 19.8 Å². The van der Waals surface area contributed by atoms with Gasteiger partial charge in [-0.15, -0.1) is 0 Å². The average molecular weight is 489 g/mol. The number of aliphatic hydroxyl groups excluding tert-OH is 2. The Bertz CT molecular complexity index is 1420. The van der Waals surface area contributed by atoms with Crippen molar-refractivity contribution in [3.05, 3.63) is 81.9 Å². The molecule has 186 valence electrons. The topological polar surface area (TPSA) is 97.2 Å². The number of nitrogens with one attached hydrogen (secondary N) is 1. The Morgan fingerprint density at radius 2 is 1.91 bits per heavy atom. The quantitative estimate of drug-likeness (QED) is 0.347. The summed E-state index contributed by atoms with van der Waals surface area (Å²) in [6, 6.07) is 6.10. The molecule has 1 aromatic carbocycles. The Labute approximate surface area is 198 Å². The second kappa shape index (κ2) is 9.33. The fourth-order valence-corrected chi connectivity index (χ4v) is 4.26. The van der Waals surface area contributed by atoms with Crippen molar-refractivity contribution in [3.8, 4) is 5.69 Å². The van der Waals surface area contributed by atoms with Crippen molar-refractivity contribution in [2.24, 2.45) is 7.05 Å². The van der Waals surface area contributed by atoms with Crippen molar-refractivity contribution in [1.29, 1.82) is 0 Å². The van der Waals surface area contributed by atoms with Gasteiger partial charge in [-0.25, -0.2) is 4.98 Å². The first-order valence-electron chi connectivity index (χ1n) is 11.0. The molecule has 8 nitrogen and oxygen atoms in total. The van der Waals surface area contributed by atoms with Crippen molar-refractivity contribution in [2.75, 3.05) is 6.61 Å². The van der Waals surface area contributed by atoms with Crippen molar-refractivity contribution in [1.82, 2.24) is 24.0 Å². The number of rotatable bonds is 7. The van der Waals surface area contributed by atoms with Crippen LogP contribution in [0.4, 0.5) is 13.2 Å². The molecule has 0 bridgehead atoms. The minimum absolute atomic E-state index is 0.0496. The zero-order chi connectivity index (χ0) is 25.5. The predicted octanol–water partition coefficient (Wildman–Crippen LogP) is 3.19. The number of hydrogen-bond donors (Lipinski definition) is 3. The van der Waals surface area contributed by atoms with E-state index >= 15 is 0 Å². The van der Waals surface area contributed by atoms with Crippen LogP contribution in [0.15, 0.2) is 53.8 Å². The smallest absolute Gasteiger partial charge is 0.395 e. The first-order valence-corrected chi connectivity index (χ1v) is 11.0. The van der Waals surface area contributed by atoms with Gasteiger partial charge in [-0.2, -0.15) is 13.2 Å². The molecule has 0 aliphatic heterocycles. The first-order chi connectivity index (χ1) is 16.5. The number of alkyl halides is 3. The van der Waals surface area contributed by atoms with Gasteiger partial charge in [0.15, 0.2) is 0 Å². The standard InChI is InChI=1S/C24H26F3N5O3/c1-14-11-31(13-28-14)21-7-6-20(32(8-9-33)23(21)35)22(34)29-15(2)18-12-30(3)19-5-4-16(10-17(18)19)24(25,26)27/h4-7,10-13,15,22,29,33-34H,8-9H2,1-3H3. The van der Waals surface area contributed by atoms with E-state index in [1.165, 1.54) is 17.0 Å². The molecule has 11 heteroatoms. The van der Waals surface area contributed by atoms with E-state index in [0.29, 0.717) is 22.2 Å². The average Bonchev–Trinajstić information content (AvgIpc) is 3.37. The third-order valence-corrected chi connectivity index (χ3v) is 6.00. The third-order valence-electron chi connectivity index (χ3n) is 6.00. The molecule has 2 unspecified atom stereocenters. The number of aliphatic hydroxyl groups is 2. The van der Waals surface area contributed by atoms with E-state index in [-0.39, 0.29) is 18.8 Å². The molecule has 35 heavy (non-hydrogen) atoms. The number of nitrogens with zero attached hydrogens (tertiary/aromatic N) is 4. The summed E-state index contributed by atoms with van der Waals surface area (Å²) in [5, 5.41) is 23.8. The fraction of sp³-hybridized carbons (Fsp3) is 0.333. The monoisotopic (exact) mass is 489 g/mol. The number of hydrogen-bond acceptors (Lipinski definition) is 5. The number of imidazole rings is 1. The zero-order valence-corrected chi connectivity index (χ0v) is 19.4. The van der Waals surface area contributed by atoms with Crippen LogP contribution >= 0.6 is 0 Å². The maximum absolute atomic E-state index is 13.3. The van der Waals surface area contributed by atoms with Gasteiger partial charge in [0.25, 0.3) is 5.56 Å². The Balaban J connectivity index is 1.68. The van der Waals surface area contributed by atoms with E-state index in [1.807, 2.05) is 0 Å². The van der Waals surface area contributed by atoms with Crippen LogP contribution in [0.5, 0.6) is 0 Å². The van der Waals surface area contributed by atoms with Gasteiger partial charge in [-0.05, 0) is 49.7 Å². The summed E-state index contributed by atoms with van der Waals surface area (Å²) < 4.78 is 44.4. The van der Waals surface area contributed by atoms with Crippen LogP contribution < -0.4 is 10.9 Å². The Kier molecular flexibility index (Phi) is 6.58. The maximum Gasteiger partial charge on any atom is 0.416 e. The molecule has 0 amide bonds. The lowest BCUT2D eigenvalue weighted by molar-refractivity contribution is -0.137. The van der Waals surface area contributed by atoms with Crippen molar-refractivity contribution in [2.45, 2.75) is 38.8 Å². The van der Waals surface area contributed by atoms with E-state index in [0.717, 1.165) is 17.8 Å². The van der Waals surface area contributed by atoms with E-state index in [2.05, 4.69) is 10.3 Å². The molecule has 2 atom stereocenters. The zero-order valence-electron chi connectivity index (χ0n) is 19.4. The van der Waals surface area contributed by atoms with E-state index < -0.39 is 29.6 Å². The number of aryl methyl sites for hydroxylation is 2. The SMILES string of the molecule is Cc1cn(-c2ccc(C(O)NC(C)c3cn(C)c4ccc(C(F)(F)F)cc34)n(CCO)c2=O)cn1. The molecule has 0 aliphatic rings. The largest absolute Gasteiger partial charge is 0.416 e. The molecule has 0 saturated heterocycles. The molecule has 0 aliphatic carbocycles. The summed E-state index contributed by atoms with van der Waals surface area (Å²) in [5.41, 5.74) is 1.24. The minimum Gasteiger partial charge on any atom is -0.395 e. The van der Waals surface area contributed by atoms with Crippen molar-refractivity contribution in [3.63, 3.8) is 0 Å². The molecule has 3 N–H and O–H groups in total. The highest BCUT2D eigenvalue weighted by Crippen LogP contribution is 2.34. The normalized spacial score (nSPS) is 13.9. The van der Waals surface area contributed by atoms with Crippen LogP contribution in [-0.4, -0.2) is 35.5 Å². The Morgan fingerprint density at radius 1 is 1.17 bits per heavy atom. The van der Waals surface area contributed by atoms with Gasteiger partial charge in [-0.1, -0.05) is 0 Å². The predicted molar refractivity (Wildman–Crippen MR) is 124 cm³/mol. The van der Waals surface area contributed by atoms with E-state index in [4.69, 9.17) is 0 Å². The molecule has 3 aromatic heterocycles. The number of pyridine rings is 1. The summed E-state index contributed by atoms with van der Waals surface area (Å²) in [6.07, 6.45) is -0.912. The van der Waals surface area contributed by atoms with Gasteiger partial charge in [0.05, 0.1) is 29.9 Å². The second-order valence-electron chi connectivity index (χ2n) is 8.46. The Hall–Kier alpha value is -3.41. The van der Waals surface area contributed by atoms with Crippen LogP contribution in [0.25, 0.3) is 16.6 Å². The van der Waals surface area contributed by atoms with E-state index in [1.54, 1.807) is 54.6 Å². The highest BCUT2D eigenvalue weighted by molar-refractivity contribution is 5.85. The van der Waals surface area contributed by atoms with Gasteiger partial charge in [-0.3, -0.25) is 10.1 Å². The molecule has 0 spiro atoms. The summed E-state index contributed by atoms with van der Waals surface area (Å²) in [7, 11) is 1.73. The number of aromatic nitrogens is 4. The maximum atomic E-state index is 13.3. The summed E-state index contributed by atoms with van der Waals surface area (Å²) in [5.74, 6) is 0. The van der Waals surface area contributed by atoms with Crippen LogP contribution in [0, 0.1) is 6.92 Å². The van der Waals surface area contributed by atoms with Gasteiger partial charge in [0, 0.05) is 42.9 Å². The van der Waals surface area contributed by atoms with Crippen LogP contribution in [0.1, 0.15) is 41.7 Å². The molecule has 4 rings (SSSR count). The molecule has 4 aromatic rings. The molecule has 3 heterocycles. The van der Waals surface area contributed by atoms with Crippen molar-refractivity contribution >= 4 is 10.9 Å². The van der Waals surface area contributed by atoms with Crippen LogP contribution in [0.3, 0.4) is 0 Å². The van der Waals surface area contributed by atoms with Gasteiger partial charge < -0.3 is 23.9 Å². The number of halogens is 3. The van der Waals surface area contributed by atoms with Crippen molar-refractivity contribution < 1.29 is 23.4 Å². The number of benzene rings is 1. The minimum atomic E-state index is -4.48. The highest BCUT2D eigenvalue weighted by atomic mass is 19.4. The highest BCUT2D eigenvalue weighted by Gasteiger charge is 2.31. The van der Waals surface area contributed by atoms with Gasteiger partial charge in [0.2, 0.25) is 0 Å². The first kappa shape index (κ1) is 24.7. The van der Waals surface area contributed by atoms with Crippen LogP contribution in [0.2, 0.25) is 0 Å². The molecule has 0 fully saturated rings. The summed E-state index contributed by atoms with van der Waals surface area (Å²) in [4.78, 5) is 17.2. The van der Waals surface area contributed by atoms with E-state index in [9.17, 15) is 28.2 Å². The lowest BCUT2D eigenvalue weighted by atomic mass is 10.0. The summed E-state index contributed by atoms with van der Waals surface area (Å²) in [6.45, 7) is 3.13. The molecule has 0 saturated carbocycles. The fourth-order valence-electron chi connectivity index (χ4n) is 4.26. The lowest BCUT2D eigenvalue weighted by Crippen LogP contribution is -2.34. The molecular formula is C24H26F3N5O3. The van der Waals surface area contributed by atoms with Gasteiger partial charge in [0.1, 0.15) is 11.9 Å².